The van der Waals surface area contributed by atoms with Crippen LogP contribution >= 0.6 is 0 Å². The van der Waals surface area contributed by atoms with Crippen molar-refractivity contribution in [1.29, 1.82) is 0 Å². The monoisotopic (exact) mass is 413 g/mol. The molecule has 1 fully saturated rings. The van der Waals surface area contributed by atoms with Crippen LogP contribution in [0, 0.1) is 25.7 Å². The van der Waals surface area contributed by atoms with E-state index < -0.39 is 0 Å². The first-order valence-electron chi connectivity index (χ1n) is 11.6. The van der Waals surface area contributed by atoms with Crippen molar-refractivity contribution < 1.29 is 4.79 Å². The van der Waals surface area contributed by atoms with E-state index in [-0.39, 0.29) is 5.91 Å². The highest BCUT2D eigenvalue weighted by atomic mass is 16.1. The molecule has 1 unspecified atom stereocenters. The number of fused-ring (bicyclic) bond motifs is 1. The summed E-state index contributed by atoms with van der Waals surface area (Å²) in [5.41, 5.74) is 7.33. The molecule has 1 aromatic heterocycles. The first-order chi connectivity index (χ1) is 15.0. The molecule has 2 heterocycles. The zero-order valence-electron chi connectivity index (χ0n) is 18.5. The number of carbonyl (C=O) groups excluding carboxylic acids is 1. The molecule has 0 spiro atoms. The fourth-order valence-electron chi connectivity index (χ4n) is 4.49. The number of benzene rings is 2. The maximum absolute atomic E-state index is 12.0. The Kier molecular flexibility index (Phi) is 5.39. The fourth-order valence-corrected chi connectivity index (χ4v) is 4.49. The lowest BCUT2D eigenvalue weighted by molar-refractivity contribution is -0.121. The van der Waals surface area contributed by atoms with Gasteiger partial charge in [0.15, 0.2) is 0 Å². The Morgan fingerprint density at radius 2 is 1.71 bits per heavy atom. The molecule has 4 nitrogen and oxygen atoms in total. The highest BCUT2D eigenvalue weighted by molar-refractivity contribution is 5.76. The van der Waals surface area contributed by atoms with E-state index >= 15 is 0 Å². The molecule has 2 aliphatic rings. The summed E-state index contributed by atoms with van der Waals surface area (Å²) in [5.74, 6) is 2.53. The van der Waals surface area contributed by atoms with Crippen LogP contribution in [0.5, 0.6) is 0 Å². The lowest BCUT2D eigenvalue weighted by atomic mass is 9.99. The van der Waals surface area contributed by atoms with Gasteiger partial charge in [-0.3, -0.25) is 4.79 Å². The van der Waals surface area contributed by atoms with Gasteiger partial charge in [-0.2, -0.15) is 0 Å². The molecule has 4 heteroatoms. The summed E-state index contributed by atoms with van der Waals surface area (Å²) >= 11 is 0. The molecule has 31 heavy (non-hydrogen) atoms. The average Bonchev–Trinajstić information content (AvgIpc) is 3.49. The van der Waals surface area contributed by atoms with E-state index in [1.165, 1.54) is 35.1 Å². The Bertz CT molecular complexity index is 1090. The van der Waals surface area contributed by atoms with Gasteiger partial charge in [-0.1, -0.05) is 42.5 Å². The third kappa shape index (κ3) is 4.58. The normalized spacial score (nSPS) is 17.9. The number of aromatic nitrogens is 2. The molecule has 0 bridgehead atoms. The van der Waals surface area contributed by atoms with Crippen molar-refractivity contribution in [3.8, 4) is 22.4 Å². The van der Waals surface area contributed by atoms with Crippen molar-refractivity contribution in [3.05, 3.63) is 65.6 Å². The van der Waals surface area contributed by atoms with Gasteiger partial charge in [0.2, 0.25) is 5.91 Å². The Morgan fingerprint density at radius 3 is 2.45 bits per heavy atom. The SMILES string of the molecule is Cc1ccc(-c2ccc(-c3cn4c(n3)CCC(CNC(=O)CC3CC3)C4)cc2)cc1C. The van der Waals surface area contributed by atoms with Gasteiger partial charge in [0.1, 0.15) is 5.82 Å². The van der Waals surface area contributed by atoms with Crippen molar-refractivity contribution >= 4 is 5.91 Å². The van der Waals surface area contributed by atoms with Crippen LogP contribution in [0.2, 0.25) is 0 Å². The summed E-state index contributed by atoms with van der Waals surface area (Å²) in [6, 6.07) is 15.4. The Hall–Kier alpha value is -2.88. The van der Waals surface area contributed by atoms with Gasteiger partial charge in [-0.25, -0.2) is 4.98 Å². The number of nitrogens with one attached hydrogen (secondary N) is 1. The molecule has 0 saturated heterocycles. The topological polar surface area (TPSA) is 46.9 Å². The molecule has 0 radical (unpaired) electrons. The molecule has 5 rings (SSSR count). The lowest BCUT2D eigenvalue weighted by Crippen LogP contribution is -2.33. The van der Waals surface area contributed by atoms with Gasteiger partial charge in [-0.15, -0.1) is 0 Å². The molecule has 1 N–H and O–H groups in total. The molecule has 1 saturated carbocycles. The third-order valence-corrected chi connectivity index (χ3v) is 6.87. The van der Waals surface area contributed by atoms with Gasteiger partial charge in [0.05, 0.1) is 5.69 Å². The van der Waals surface area contributed by atoms with Crippen LogP contribution in [0.15, 0.2) is 48.7 Å². The van der Waals surface area contributed by atoms with E-state index in [9.17, 15) is 4.79 Å². The zero-order valence-corrected chi connectivity index (χ0v) is 18.5. The molecular formula is C27H31N3O. The average molecular weight is 414 g/mol. The largest absolute Gasteiger partial charge is 0.356 e. The Labute approximate surface area is 184 Å². The first-order valence-corrected chi connectivity index (χ1v) is 11.6. The standard InChI is InChI=1S/C27H31N3O/c1-18-3-7-24(13-19(18)2)22-8-10-23(11-9-22)25-17-30-16-21(6-12-26(30)29-25)15-28-27(31)14-20-4-5-20/h3,7-11,13,17,20-21H,4-6,12,14-16H2,1-2H3,(H,28,31). The van der Waals surface area contributed by atoms with E-state index in [1.807, 2.05) is 0 Å². The van der Waals surface area contributed by atoms with Crippen LogP contribution in [0.25, 0.3) is 22.4 Å². The lowest BCUT2D eigenvalue weighted by Gasteiger charge is -2.23. The van der Waals surface area contributed by atoms with Crippen LogP contribution in [-0.4, -0.2) is 22.0 Å². The Balaban J connectivity index is 1.24. The van der Waals surface area contributed by atoms with E-state index in [4.69, 9.17) is 4.98 Å². The summed E-state index contributed by atoms with van der Waals surface area (Å²) in [6.45, 7) is 6.03. The second-order valence-corrected chi connectivity index (χ2v) is 9.43. The van der Waals surface area contributed by atoms with Gasteiger partial charge >= 0.3 is 0 Å². The van der Waals surface area contributed by atoms with Crippen molar-refractivity contribution in [2.45, 2.75) is 52.5 Å². The molecular weight excluding hydrogens is 382 g/mol. The quantitative estimate of drug-likeness (QED) is 0.595. The van der Waals surface area contributed by atoms with E-state index in [2.05, 4.69) is 72.4 Å². The maximum Gasteiger partial charge on any atom is 0.220 e. The van der Waals surface area contributed by atoms with Gasteiger partial charge in [0.25, 0.3) is 0 Å². The van der Waals surface area contributed by atoms with Crippen molar-refractivity contribution in [3.63, 3.8) is 0 Å². The predicted octanol–water partition coefficient (Wildman–Crippen LogP) is 5.31. The maximum atomic E-state index is 12.0. The molecule has 1 amide bonds. The third-order valence-electron chi connectivity index (χ3n) is 6.87. The molecule has 1 aliphatic heterocycles. The zero-order chi connectivity index (χ0) is 21.4. The number of imidazole rings is 1. The fraction of sp³-hybridized carbons (Fsp3) is 0.407. The van der Waals surface area contributed by atoms with E-state index in [0.29, 0.717) is 18.3 Å². The van der Waals surface area contributed by atoms with E-state index in [1.54, 1.807) is 0 Å². The molecule has 3 aromatic rings. The van der Waals surface area contributed by atoms with Crippen LogP contribution in [0.3, 0.4) is 0 Å². The minimum Gasteiger partial charge on any atom is -0.356 e. The predicted molar refractivity (Wildman–Crippen MR) is 125 cm³/mol. The minimum absolute atomic E-state index is 0.225. The minimum atomic E-state index is 0.225. The second-order valence-electron chi connectivity index (χ2n) is 9.43. The first kappa shape index (κ1) is 20.0. The summed E-state index contributed by atoms with van der Waals surface area (Å²) in [4.78, 5) is 16.9. The summed E-state index contributed by atoms with van der Waals surface area (Å²) in [7, 11) is 0. The van der Waals surface area contributed by atoms with Gasteiger partial charge in [0, 0.05) is 37.7 Å². The highest BCUT2D eigenvalue weighted by Gasteiger charge is 2.25. The highest BCUT2D eigenvalue weighted by Crippen LogP contribution is 2.32. The number of hydrogen-bond donors (Lipinski definition) is 1. The van der Waals surface area contributed by atoms with Crippen LogP contribution in [-0.2, 0) is 17.8 Å². The molecule has 1 aliphatic carbocycles. The van der Waals surface area contributed by atoms with Crippen LogP contribution in [0.1, 0.15) is 42.6 Å². The van der Waals surface area contributed by atoms with Crippen LogP contribution < -0.4 is 5.32 Å². The van der Waals surface area contributed by atoms with Crippen molar-refractivity contribution in [2.75, 3.05) is 6.54 Å². The summed E-state index contributed by atoms with van der Waals surface area (Å²) < 4.78 is 2.29. The van der Waals surface area contributed by atoms with Gasteiger partial charge in [-0.05, 0) is 67.2 Å². The number of nitrogens with zero attached hydrogens (tertiary/aromatic N) is 2. The molecule has 160 valence electrons. The summed E-state index contributed by atoms with van der Waals surface area (Å²) in [6.07, 6.45) is 7.41. The number of hydrogen-bond acceptors (Lipinski definition) is 2. The number of rotatable bonds is 6. The molecule has 1 atom stereocenters. The van der Waals surface area contributed by atoms with Gasteiger partial charge < -0.3 is 9.88 Å². The second kappa shape index (κ2) is 8.33. The van der Waals surface area contributed by atoms with E-state index in [0.717, 1.165) is 43.0 Å². The number of amides is 1. The number of aryl methyl sites for hydroxylation is 3. The molecule has 2 aromatic carbocycles. The van der Waals surface area contributed by atoms with Crippen molar-refractivity contribution in [2.24, 2.45) is 11.8 Å². The number of carbonyl (C=O) groups is 1. The van der Waals surface area contributed by atoms with Crippen LogP contribution in [0.4, 0.5) is 0 Å². The summed E-state index contributed by atoms with van der Waals surface area (Å²) in [5, 5.41) is 3.15. The Morgan fingerprint density at radius 1 is 0.968 bits per heavy atom. The van der Waals surface area contributed by atoms with Crippen molar-refractivity contribution in [1.82, 2.24) is 14.9 Å². The smallest absolute Gasteiger partial charge is 0.220 e.